The van der Waals surface area contributed by atoms with Crippen LogP contribution in [0.25, 0.3) is 5.76 Å². The second kappa shape index (κ2) is 8.38. The monoisotopic (exact) mass is 473 g/mol. The van der Waals surface area contributed by atoms with Gasteiger partial charge in [0.05, 0.1) is 18.2 Å². The number of hydrogen-bond donors (Lipinski definition) is 1. The molecule has 1 saturated heterocycles. The van der Waals surface area contributed by atoms with E-state index < -0.39 is 17.7 Å². The Bertz CT molecular complexity index is 1230. The van der Waals surface area contributed by atoms with Crippen molar-refractivity contribution in [1.29, 1.82) is 0 Å². The highest BCUT2D eigenvalue weighted by molar-refractivity contribution is 7.10. The van der Waals surface area contributed by atoms with E-state index in [1.54, 1.807) is 36.4 Å². The van der Waals surface area contributed by atoms with Gasteiger partial charge in [0, 0.05) is 20.6 Å². The molecule has 2 aromatic carbocycles. The van der Waals surface area contributed by atoms with Gasteiger partial charge in [0.2, 0.25) is 0 Å². The first-order valence-corrected chi connectivity index (χ1v) is 10.9. The van der Waals surface area contributed by atoms with Crippen molar-refractivity contribution in [2.75, 3.05) is 12.0 Å². The zero-order valence-corrected chi connectivity index (χ0v) is 18.9. The highest BCUT2D eigenvalue weighted by Gasteiger charge is 2.48. The minimum absolute atomic E-state index is 0.0314. The summed E-state index contributed by atoms with van der Waals surface area (Å²) in [6.45, 7) is 1.89. The maximum atomic E-state index is 13.2. The molecule has 1 fully saturated rings. The number of methoxy groups -OCH3 is 1. The Morgan fingerprint density at radius 3 is 2.48 bits per heavy atom. The molecule has 31 heavy (non-hydrogen) atoms. The molecular weight excluding hydrogens is 457 g/mol. The lowest BCUT2D eigenvalue weighted by Crippen LogP contribution is -2.29. The Balaban J connectivity index is 2.00. The standard InChI is InChI=1S/C23H17Cl2NO4S/c1-12-8-9-31-22(12)19-18(20(27)16-11-14(25)6-7-17(16)30-2)21(28)23(29)26(19)15-5-3-4-13(24)10-15/h3-11,19,27H,1-2H3/b20-18-. The Hall–Kier alpha value is -2.80. The highest BCUT2D eigenvalue weighted by Crippen LogP contribution is 2.46. The van der Waals surface area contributed by atoms with Crippen LogP contribution in [0.15, 0.2) is 59.5 Å². The van der Waals surface area contributed by atoms with Gasteiger partial charge in [-0.3, -0.25) is 14.5 Å². The number of carbonyl (C=O) groups excluding carboxylic acids is 2. The van der Waals surface area contributed by atoms with E-state index in [1.165, 1.54) is 29.4 Å². The average molecular weight is 474 g/mol. The first-order chi connectivity index (χ1) is 14.8. The third-order valence-electron chi connectivity index (χ3n) is 5.10. The molecule has 158 valence electrons. The maximum Gasteiger partial charge on any atom is 0.300 e. The van der Waals surface area contributed by atoms with Gasteiger partial charge in [-0.05, 0) is 60.3 Å². The van der Waals surface area contributed by atoms with E-state index in [-0.39, 0.29) is 16.9 Å². The van der Waals surface area contributed by atoms with Crippen molar-refractivity contribution in [3.63, 3.8) is 0 Å². The molecule has 1 aliphatic rings. The Morgan fingerprint density at radius 1 is 1.10 bits per heavy atom. The van der Waals surface area contributed by atoms with Crippen molar-refractivity contribution >= 4 is 57.7 Å². The van der Waals surface area contributed by atoms with Gasteiger partial charge in [0.15, 0.2) is 0 Å². The van der Waals surface area contributed by atoms with Crippen LogP contribution in [-0.2, 0) is 9.59 Å². The van der Waals surface area contributed by atoms with Gasteiger partial charge in [0.25, 0.3) is 11.7 Å². The maximum absolute atomic E-state index is 13.2. The van der Waals surface area contributed by atoms with Crippen LogP contribution in [0.5, 0.6) is 5.75 Å². The molecule has 1 amide bonds. The van der Waals surface area contributed by atoms with Gasteiger partial charge in [-0.15, -0.1) is 11.3 Å². The summed E-state index contributed by atoms with van der Waals surface area (Å²) in [5, 5.41) is 13.9. The van der Waals surface area contributed by atoms with Gasteiger partial charge in [0.1, 0.15) is 17.6 Å². The fourth-order valence-corrected chi connectivity index (χ4v) is 5.03. The number of ether oxygens (including phenoxy) is 1. The fourth-order valence-electron chi connectivity index (χ4n) is 3.65. The van der Waals surface area contributed by atoms with E-state index in [0.29, 0.717) is 21.5 Å². The number of ketones is 1. The normalized spacial score (nSPS) is 17.9. The molecule has 1 aromatic heterocycles. The van der Waals surface area contributed by atoms with Gasteiger partial charge >= 0.3 is 0 Å². The topological polar surface area (TPSA) is 66.8 Å². The molecule has 2 heterocycles. The van der Waals surface area contributed by atoms with Crippen LogP contribution in [-0.4, -0.2) is 23.9 Å². The number of hydrogen-bond acceptors (Lipinski definition) is 5. The predicted molar refractivity (Wildman–Crippen MR) is 123 cm³/mol. The Labute approximate surface area is 193 Å². The molecule has 0 spiro atoms. The number of thiophene rings is 1. The summed E-state index contributed by atoms with van der Waals surface area (Å²) >= 11 is 13.7. The Morgan fingerprint density at radius 2 is 1.84 bits per heavy atom. The highest BCUT2D eigenvalue weighted by atomic mass is 35.5. The number of Topliss-reactive ketones (excluding diaryl/α,β-unsaturated/α-hetero) is 1. The molecular formula is C23H17Cl2NO4S. The number of anilines is 1. The summed E-state index contributed by atoms with van der Waals surface area (Å²) in [5.74, 6) is -1.56. The van der Waals surface area contributed by atoms with Crippen LogP contribution >= 0.6 is 34.5 Å². The van der Waals surface area contributed by atoms with Crippen LogP contribution in [0.4, 0.5) is 5.69 Å². The Kier molecular flexibility index (Phi) is 5.79. The fraction of sp³-hybridized carbons (Fsp3) is 0.130. The first-order valence-electron chi connectivity index (χ1n) is 9.28. The second-order valence-electron chi connectivity index (χ2n) is 6.96. The summed E-state index contributed by atoms with van der Waals surface area (Å²) in [4.78, 5) is 28.5. The van der Waals surface area contributed by atoms with E-state index in [9.17, 15) is 14.7 Å². The zero-order chi connectivity index (χ0) is 22.3. The molecule has 1 unspecified atom stereocenters. The van der Waals surface area contributed by atoms with E-state index in [0.717, 1.165) is 10.4 Å². The summed E-state index contributed by atoms with van der Waals surface area (Å²) < 4.78 is 5.34. The van der Waals surface area contributed by atoms with Gasteiger partial charge in [-0.1, -0.05) is 29.3 Å². The second-order valence-corrected chi connectivity index (χ2v) is 8.78. The van der Waals surface area contributed by atoms with E-state index >= 15 is 0 Å². The quantitative estimate of drug-likeness (QED) is 0.286. The third-order valence-corrected chi connectivity index (χ3v) is 6.64. The third kappa shape index (κ3) is 3.71. The molecule has 5 nitrogen and oxygen atoms in total. The zero-order valence-electron chi connectivity index (χ0n) is 16.6. The first kappa shape index (κ1) is 21.4. The molecule has 1 N–H and O–H groups in total. The number of aryl methyl sites for hydroxylation is 1. The van der Waals surface area contributed by atoms with Crippen LogP contribution in [0.1, 0.15) is 22.0 Å². The van der Waals surface area contributed by atoms with Crippen molar-refractivity contribution in [3.05, 3.63) is 85.5 Å². The number of rotatable bonds is 4. The average Bonchev–Trinajstić information content (AvgIpc) is 3.28. The largest absolute Gasteiger partial charge is 0.507 e. The number of benzene rings is 2. The summed E-state index contributed by atoms with van der Waals surface area (Å²) in [6.07, 6.45) is 0. The van der Waals surface area contributed by atoms with Crippen LogP contribution < -0.4 is 9.64 Å². The molecule has 1 aliphatic heterocycles. The molecule has 0 radical (unpaired) electrons. The van der Waals surface area contributed by atoms with Crippen LogP contribution in [0, 0.1) is 6.92 Å². The van der Waals surface area contributed by atoms with E-state index in [2.05, 4.69) is 0 Å². The smallest absolute Gasteiger partial charge is 0.300 e. The van der Waals surface area contributed by atoms with E-state index in [1.807, 2.05) is 18.4 Å². The number of nitrogens with zero attached hydrogens (tertiary/aromatic N) is 1. The van der Waals surface area contributed by atoms with Crippen LogP contribution in [0.3, 0.4) is 0 Å². The molecule has 0 bridgehead atoms. The number of aliphatic hydroxyl groups excluding tert-OH is 1. The molecule has 4 rings (SSSR count). The van der Waals surface area contributed by atoms with Crippen LogP contribution in [0.2, 0.25) is 10.0 Å². The summed E-state index contributed by atoms with van der Waals surface area (Å²) in [5.41, 5.74) is 1.56. The lowest BCUT2D eigenvalue weighted by molar-refractivity contribution is -0.132. The van der Waals surface area contributed by atoms with Crippen molar-refractivity contribution in [2.24, 2.45) is 0 Å². The van der Waals surface area contributed by atoms with Gasteiger partial charge in [-0.2, -0.15) is 0 Å². The van der Waals surface area contributed by atoms with Crippen molar-refractivity contribution < 1.29 is 19.4 Å². The molecule has 0 aliphatic carbocycles. The summed E-state index contributed by atoms with van der Waals surface area (Å²) in [7, 11) is 1.45. The van der Waals surface area contributed by atoms with Gasteiger partial charge in [-0.25, -0.2) is 0 Å². The predicted octanol–water partition coefficient (Wildman–Crippen LogP) is 6.00. The minimum atomic E-state index is -0.817. The van der Waals surface area contributed by atoms with Crippen molar-refractivity contribution in [3.8, 4) is 5.75 Å². The SMILES string of the molecule is COc1ccc(Cl)cc1/C(O)=C1/C(=O)C(=O)N(c2cccc(Cl)c2)C1c1sccc1C. The number of carbonyl (C=O) groups is 2. The molecule has 0 saturated carbocycles. The number of amides is 1. The lowest BCUT2D eigenvalue weighted by Gasteiger charge is -2.25. The number of aliphatic hydroxyl groups is 1. The van der Waals surface area contributed by atoms with Gasteiger partial charge < -0.3 is 9.84 Å². The molecule has 3 aromatic rings. The molecule has 1 atom stereocenters. The number of halogens is 2. The molecule has 8 heteroatoms. The minimum Gasteiger partial charge on any atom is -0.507 e. The van der Waals surface area contributed by atoms with E-state index in [4.69, 9.17) is 27.9 Å². The van der Waals surface area contributed by atoms with Crippen molar-refractivity contribution in [2.45, 2.75) is 13.0 Å². The summed E-state index contributed by atoms with van der Waals surface area (Å²) in [6, 6.07) is 12.5. The van der Waals surface area contributed by atoms with Crippen molar-refractivity contribution in [1.82, 2.24) is 0 Å². The lowest BCUT2D eigenvalue weighted by atomic mass is 9.98.